The van der Waals surface area contributed by atoms with E-state index in [9.17, 15) is 19.2 Å². The fraction of sp³-hybridized carbons (Fsp3) is 0.500. The standard InChI is InChI=1S/C24H28N4O6/c1-24(2,3)34-23(32)27-10-8-26(9-11-27)14-4-5-15-16-13-28(17-6-7-19(29)25-21(17)30)22(31)20(16)33-18(15)12-14/h4-5,12,17H,6-11,13H2,1-3H3,(H,25,29,30). The molecule has 0 aliphatic carbocycles. The van der Waals surface area contributed by atoms with Crippen molar-refractivity contribution in [3.63, 3.8) is 0 Å². The summed E-state index contributed by atoms with van der Waals surface area (Å²) in [4.78, 5) is 54.3. The SMILES string of the molecule is CC(C)(C)OC(=O)N1CCN(c2ccc3c4c(oc3c2)C(=O)N(C2CCC(=O)NC2=O)C4)CC1. The fourth-order valence-electron chi connectivity index (χ4n) is 4.74. The Morgan fingerprint density at radius 3 is 2.53 bits per heavy atom. The molecule has 4 heterocycles. The Bertz CT molecular complexity index is 1190. The fourth-order valence-corrected chi connectivity index (χ4v) is 4.74. The summed E-state index contributed by atoms with van der Waals surface area (Å²) >= 11 is 0. The average molecular weight is 469 g/mol. The molecule has 5 rings (SSSR count). The van der Waals surface area contributed by atoms with E-state index in [0.29, 0.717) is 38.2 Å². The number of piperidine rings is 1. The number of rotatable bonds is 2. The van der Waals surface area contributed by atoms with Crippen LogP contribution in [0.25, 0.3) is 11.0 Å². The number of anilines is 1. The quantitative estimate of drug-likeness (QED) is 0.673. The van der Waals surface area contributed by atoms with Crippen molar-refractivity contribution in [3.05, 3.63) is 29.5 Å². The summed E-state index contributed by atoms with van der Waals surface area (Å²) in [6, 6.07) is 5.18. The summed E-state index contributed by atoms with van der Waals surface area (Å²) < 4.78 is 11.4. The second kappa shape index (κ2) is 8.03. The van der Waals surface area contributed by atoms with Crippen molar-refractivity contribution in [2.24, 2.45) is 0 Å². The Labute approximate surface area is 196 Å². The number of carbonyl (C=O) groups is 4. The van der Waals surface area contributed by atoms with E-state index >= 15 is 0 Å². The van der Waals surface area contributed by atoms with E-state index in [-0.39, 0.29) is 36.6 Å². The van der Waals surface area contributed by atoms with Gasteiger partial charge in [0.15, 0.2) is 5.76 Å². The molecule has 1 aromatic heterocycles. The Balaban J connectivity index is 1.28. The molecule has 4 amide bonds. The lowest BCUT2D eigenvalue weighted by molar-refractivity contribution is -0.136. The summed E-state index contributed by atoms with van der Waals surface area (Å²) in [5.74, 6) is -0.818. The molecule has 1 N–H and O–H groups in total. The number of fused-ring (bicyclic) bond motifs is 3. The van der Waals surface area contributed by atoms with Gasteiger partial charge in [0, 0.05) is 55.3 Å². The summed E-state index contributed by atoms with van der Waals surface area (Å²) in [7, 11) is 0. The highest BCUT2D eigenvalue weighted by molar-refractivity contribution is 6.07. The topological polar surface area (TPSA) is 112 Å². The highest BCUT2D eigenvalue weighted by atomic mass is 16.6. The monoisotopic (exact) mass is 468 g/mol. The van der Waals surface area contributed by atoms with Crippen LogP contribution in [0, 0.1) is 0 Å². The third-order valence-corrected chi connectivity index (χ3v) is 6.44. The Kier molecular flexibility index (Phi) is 5.26. The van der Waals surface area contributed by atoms with Gasteiger partial charge < -0.3 is 23.9 Å². The van der Waals surface area contributed by atoms with E-state index in [4.69, 9.17) is 9.15 Å². The number of carbonyl (C=O) groups excluding carboxylic acids is 4. The third-order valence-electron chi connectivity index (χ3n) is 6.44. The van der Waals surface area contributed by atoms with Gasteiger partial charge in [0.25, 0.3) is 5.91 Å². The molecule has 0 spiro atoms. The Hall–Kier alpha value is -3.56. The van der Waals surface area contributed by atoms with Gasteiger partial charge in [-0.1, -0.05) is 0 Å². The first-order valence-corrected chi connectivity index (χ1v) is 11.5. The summed E-state index contributed by atoms with van der Waals surface area (Å²) in [5, 5.41) is 3.15. The summed E-state index contributed by atoms with van der Waals surface area (Å²) in [5.41, 5.74) is 1.82. The van der Waals surface area contributed by atoms with E-state index in [1.165, 1.54) is 4.90 Å². The number of nitrogens with zero attached hydrogens (tertiary/aromatic N) is 3. The number of benzene rings is 1. The number of piperazine rings is 1. The van der Waals surface area contributed by atoms with Gasteiger partial charge >= 0.3 is 6.09 Å². The van der Waals surface area contributed by atoms with Crippen LogP contribution in [0.15, 0.2) is 22.6 Å². The van der Waals surface area contributed by atoms with E-state index in [1.807, 2.05) is 39.0 Å². The largest absolute Gasteiger partial charge is 0.450 e. The minimum Gasteiger partial charge on any atom is -0.450 e. The van der Waals surface area contributed by atoms with E-state index in [2.05, 4.69) is 10.2 Å². The zero-order chi connectivity index (χ0) is 24.2. The lowest BCUT2D eigenvalue weighted by Crippen LogP contribution is -2.52. The Morgan fingerprint density at radius 2 is 1.85 bits per heavy atom. The lowest BCUT2D eigenvalue weighted by Gasteiger charge is -2.36. The van der Waals surface area contributed by atoms with Gasteiger partial charge in [0.1, 0.15) is 17.2 Å². The average Bonchev–Trinajstić information content (AvgIpc) is 3.29. The lowest BCUT2D eigenvalue weighted by atomic mass is 10.0. The second-order valence-electron chi connectivity index (χ2n) is 9.94. The maximum atomic E-state index is 13.0. The first-order valence-electron chi connectivity index (χ1n) is 11.5. The van der Waals surface area contributed by atoms with Crippen molar-refractivity contribution in [2.45, 2.75) is 51.8 Å². The minimum atomic E-state index is -0.664. The van der Waals surface area contributed by atoms with Crippen molar-refractivity contribution in [2.75, 3.05) is 31.1 Å². The zero-order valence-electron chi connectivity index (χ0n) is 19.6. The smallest absolute Gasteiger partial charge is 0.410 e. The Morgan fingerprint density at radius 1 is 1.12 bits per heavy atom. The van der Waals surface area contributed by atoms with Gasteiger partial charge in [-0.3, -0.25) is 19.7 Å². The predicted octanol–water partition coefficient (Wildman–Crippen LogP) is 2.25. The normalized spacial score (nSPS) is 21.2. The number of amides is 4. The molecule has 0 saturated carbocycles. The molecular formula is C24H28N4O6. The molecule has 2 fully saturated rings. The molecule has 1 aromatic carbocycles. The molecule has 2 aromatic rings. The van der Waals surface area contributed by atoms with Crippen LogP contribution >= 0.6 is 0 Å². The molecule has 34 heavy (non-hydrogen) atoms. The van der Waals surface area contributed by atoms with Gasteiger partial charge in [0.2, 0.25) is 11.8 Å². The minimum absolute atomic E-state index is 0.215. The van der Waals surface area contributed by atoms with E-state index < -0.39 is 17.6 Å². The number of hydrogen-bond donors (Lipinski definition) is 1. The molecule has 1 atom stereocenters. The van der Waals surface area contributed by atoms with Crippen LogP contribution in [-0.4, -0.2) is 71.4 Å². The summed E-state index contributed by atoms with van der Waals surface area (Å²) in [6.07, 6.45) is 0.231. The van der Waals surface area contributed by atoms with Crippen molar-refractivity contribution in [1.82, 2.24) is 15.1 Å². The van der Waals surface area contributed by atoms with Crippen molar-refractivity contribution in [3.8, 4) is 0 Å². The van der Waals surface area contributed by atoms with Crippen LogP contribution in [0.3, 0.4) is 0 Å². The molecule has 1 unspecified atom stereocenters. The van der Waals surface area contributed by atoms with Crippen molar-refractivity contribution < 1.29 is 28.3 Å². The van der Waals surface area contributed by atoms with Gasteiger partial charge in [-0.25, -0.2) is 4.79 Å². The molecule has 180 valence electrons. The van der Waals surface area contributed by atoms with Crippen molar-refractivity contribution >= 4 is 40.5 Å². The zero-order valence-corrected chi connectivity index (χ0v) is 19.6. The third kappa shape index (κ3) is 3.97. The maximum Gasteiger partial charge on any atom is 0.410 e. The molecule has 2 saturated heterocycles. The highest BCUT2D eigenvalue weighted by Crippen LogP contribution is 2.37. The molecule has 0 radical (unpaired) electrons. The number of furan rings is 1. The number of imide groups is 1. The van der Waals surface area contributed by atoms with Crippen LogP contribution in [0.1, 0.15) is 49.7 Å². The first-order chi connectivity index (χ1) is 16.1. The van der Waals surface area contributed by atoms with Crippen LogP contribution in [-0.2, 0) is 20.9 Å². The van der Waals surface area contributed by atoms with Crippen LogP contribution in [0.4, 0.5) is 10.5 Å². The van der Waals surface area contributed by atoms with Gasteiger partial charge in [-0.05, 0) is 39.3 Å². The van der Waals surface area contributed by atoms with Gasteiger partial charge in [-0.15, -0.1) is 0 Å². The van der Waals surface area contributed by atoms with E-state index in [0.717, 1.165) is 16.6 Å². The molecule has 3 aliphatic heterocycles. The van der Waals surface area contributed by atoms with E-state index in [1.54, 1.807) is 4.90 Å². The highest BCUT2D eigenvalue weighted by Gasteiger charge is 2.42. The summed E-state index contributed by atoms with van der Waals surface area (Å²) in [6.45, 7) is 8.27. The van der Waals surface area contributed by atoms with Gasteiger partial charge in [0.05, 0.1) is 6.54 Å². The van der Waals surface area contributed by atoms with Crippen LogP contribution < -0.4 is 10.2 Å². The number of nitrogens with one attached hydrogen (secondary N) is 1. The van der Waals surface area contributed by atoms with Gasteiger partial charge in [-0.2, -0.15) is 0 Å². The molecule has 10 heteroatoms. The molecule has 3 aliphatic rings. The molecule has 0 bridgehead atoms. The molecular weight excluding hydrogens is 440 g/mol. The number of ether oxygens (including phenoxy) is 1. The molecule has 10 nitrogen and oxygen atoms in total. The second-order valence-corrected chi connectivity index (χ2v) is 9.94. The first kappa shape index (κ1) is 22.2. The predicted molar refractivity (Wildman–Crippen MR) is 122 cm³/mol. The van der Waals surface area contributed by atoms with Crippen LogP contribution in [0.2, 0.25) is 0 Å². The van der Waals surface area contributed by atoms with Crippen molar-refractivity contribution in [1.29, 1.82) is 0 Å². The van der Waals surface area contributed by atoms with Crippen LogP contribution in [0.5, 0.6) is 0 Å². The number of hydrogen-bond acceptors (Lipinski definition) is 7. The maximum absolute atomic E-state index is 13.0.